The maximum atomic E-state index is 12.7. The van der Waals surface area contributed by atoms with Gasteiger partial charge < -0.3 is 10.2 Å². The molecule has 1 atom stereocenters. The van der Waals surface area contributed by atoms with Crippen molar-refractivity contribution in [3.63, 3.8) is 0 Å². The van der Waals surface area contributed by atoms with Crippen LogP contribution in [0.2, 0.25) is 0 Å². The molecular weight excluding hydrogens is 350 g/mol. The number of carbonyl (C=O) groups is 2. The van der Waals surface area contributed by atoms with Crippen LogP contribution in [0.15, 0.2) is 30.3 Å². The molecule has 0 aliphatic carbocycles. The van der Waals surface area contributed by atoms with Gasteiger partial charge in [0.1, 0.15) is 10.9 Å². The molecule has 1 aromatic heterocycles. The zero-order valence-corrected chi connectivity index (χ0v) is 15.8. The molecular formula is C18H23N5O2S. The van der Waals surface area contributed by atoms with Gasteiger partial charge in [0.2, 0.25) is 5.91 Å². The largest absolute Gasteiger partial charge is 0.358 e. The molecule has 0 spiro atoms. The zero-order valence-electron chi connectivity index (χ0n) is 15.0. The van der Waals surface area contributed by atoms with E-state index < -0.39 is 0 Å². The highest BCUT2D eigenvalue weighted by atomic mass is 32.1. The number of hydrogen-bond donors (Lipinski definition) is 1. The number of nitrogens with zero attached hydrogens (tertiary/aromatic N) is 4. The van der Waals surface area contributed by atoms with Gasteiger partial charge >= 0.3 is 0 Å². The summed E-state index contributed by atoms with van der Waals surface area (Å²) in [7, 11) is 1.63. The third-order valence-corrected chi connectivity index (χ3v) is 5.52. The van der Waals surface area contributed by atoms with Crippen LogP contribution in [-0.2, 0) is 11.2 Å². The number of aryl methyl sites for hydroxylation is 1. The molecule has 8 heteroatoms. The smallest absolute Gasteiger partial charge is 0.267 e. The normalized spacial score (nSPS) is 17.9. The van der Waals surface area contributed by atoms with Crippen molar-refractivity contribution in [2.24, 2.45) is 0 Å². The molecule has 1 fully saturated rings. The number of benzene rings is 1. The lowest BCUT2D eigenvalue weighted by Crippen LogP contribution is -2.60. The Bertz CT molecular complexity index is 764. The van der Waals surface area contributed by atoms with Gasteiger partial charge in [0.15, 0.2) is 0 Å². The highest BCUT2D eigenvalue weighted by Gasteiger charge is 2.34. The first kappa shape index (κ1) is 18.5. The lowest BCUT2D eigenvalue weighted by Gasteiger charge is -2.40. The van der Waals surface area contributed by atoms with Crippen molar-refractivity contribution in [1.82, 2.24) is 24.7 Å². The number of carbonyl (C=O) groups excluding carboxylic acids is 2. The Morgan fingerprint density at radius 3 is 2.69 bits per heavy atom. The Morgan fingerprint density at radius 1 is 1.27 bits per heavy atom. The number of hydrogen-bond acceptors (Lipinski definition) is 6. The summed E-state index contributed by atoms with van der Waals surface area (Å²) in [6.45, 7) is 4.21. The summed E-state index contributed by atoms with van der Waals surface area (Å²) in [4.78, 5) is 29.6. The highest BCUT2D eigenvalue weighted by Crippen LogP contribution is 2.18. The van der Waals surface area contributed by atoms with Crippen LogP contribution in [0.25, 0.3) is 0 Å². The second-order valence-corrected chi connectivity index (χ2v) is 7.09. The van der Waals surface area contributed by atoms with Gasteiger partial charge in [-0.05, 0) is 30.4 Å². The molecule has 2 heterocycles. The lowest BCUT2D eigenvalue weighted by molar-refractivity contribution is -0.127. The van der Waals surface area contributed by atoms with Crippen LogP contribution in [0.5, 0.6) is 0 Å². The lowest BCUT2D eigenvalue weighted by atomic mass is 10.1. The van der Waals surface area contributed by atoms with Gasteiger partial charge in [-0.2, -0.15) is 0 Å². The van der Waals surface area contributed by atoms with E-state index in [9.17, 15) is 9.59 Å². The van der Waals surface area contributed by atoms with Crippen molar-refractivity contribution >= 4 is 23.3 Å². The molecule has 1 unspecified atom stereocenters. The maximum absolute atomic E-state index is 12.7. The predicted octanol–water partition coefficient (Wildman–Crippen LogP) is 0.962. The summed E-state index contributed by atoms with van der Waals surface area (Å²) in [5.74, 6) is -0.149. The Labute approximate surface area is 157 Å². The predicted molar refractivity (Wildman–Crippen MR) is 100 cm³/mol. The van der Waals surface area contributed by atoms with Crippen molar-refractivity contribution in [2.45, 2.75) is 19.4 Å². The molecule has 1 N–H and O–H groups in total. The zero-order chi connectivity index (χ0) is 18.5. The summed E-state index contributed by atoms with van der Waals surface area (Å²) < 4.78 is 3.84. The fraction of sp³-hybridized carbons (Fsp3) is 0.444. The first-order chi connectivity index (χ1) is 12.6. The van der Waals surface area contributed by atoms with Gasteiger partial charge in [0.25, 0.3) is 5.91 Å². The summed E-state index contributed by atoms with van der Waals surface area (Å²) in [5.41, 5.74) is 1.89. The van der Waals surface area contributed by atoms with E-state index in [1.807, 2.05) is 18.2 Å². The van der Waals surface area contributed by atoms with Crippen LogP contribution >= 0.6 is 11.5 Å². The quantitative estimate of drug-likeness (QED) is 0.845. The van der Waals surface area contributed by atoms with Gasteiger partial charge in [0, 0.05) is 33.2 Å². The molecule has 0 saturated carbocycles. The van der Waals surface area contributed by atoms with E-state index in [1.165, 1.54) is 5.56 Å². The van der Waals surface area contributed by atoms with Crippen LogP contribution in [0, 0.1) is 6.92 Å². The Morgan fingerprint density at radius 2 is 2.04 bits per heavy atom. The van der Waals surface area contributed by atoms with Crippen molar-refractivity contribution in [3.8, 4) is 0 Å². The summed E-state index contributed by atoms with van der Waals surface area (Å²) in [6, 6.07) is 9.88. The Balaban J connectivity index is 1.68. The number of amides is 2. The van der Waals surface area contributed by atoms with Crippen LogP contribution < -0.4 is 5.32 Å². The fourth-order valence-corrected chi connectivity index (χ4v) is 3.80. The fourth-order valence-electron chi connectivity index (χ4n) is 3.18. The number of piperazine rings is 1. The van der Waals surface area contributed by atoms with E-state index in [0.29, 0.717) is 30.2 Å². The molecule has 1 saturated heterocycles. The number of rotatable bonds is 5. The van der Waals surface area contributed by atoms with E-state index in [2.05, 4.69) is 31.9 Å². The van der Waals surface area contributed by atoms with E-state index in [4.69, 9.17) is 0 Å². The Hall–Kier alpha value is -2.32. The average Bonchev–Trinajstić information content (AvgIpc) is 3.11. The third-order valence-electron chi connectivity index (χ3n) is 4.70. The van der Waals surface area contributed by atoms with Gasteiger partial charge in [-0.1, -0.05) is 34.8 Å². The van der Waals surface area contributed by atoms with E-state index in [0.717, 1.165) is 24.5 Å². The third kappa shape index (κ3) is 4.08. The Kier molecular flexibility index (Phi) is 5.95. The SMILES string of the molecule is CNC(=O)C1CN(C(=O)c2snnc2C)CCN1CCc1ccccc1. The molecule has 1 aliphatic heterocycles. The highest BCUT2D eigenvalue weighted by molar-refractivity contribution is 7.07. The molecule has 138 valence electrons. The van der Waals surface area contributed by atoms with Crippen LogP contribution in [-0.4, -0.2) is 70.5 Å². The molecule has 26 heavy (non-hydrogen) atoms. The van der Waals surface area contributed by atoms with Crippen LogP contribution in [0.4, 0.5) is 0 Å². The molecule has 7 nitrogen and oxygen atoms in total. The molecule has 1 aliphatic rings. The van der Waals surface area contributed by atoms with Crippen molar-refractivity contribution < 1.29 is 9.59 Å². The van der Waals surface area contributed by atoms with Gasteiger partial charge in [0.05, 0.1) is 5.69 Å². The monoisotopic (exact) mass is 373 g/mol. The summed E-state index contributed by atoms with van der Waals surface area (Å²) in [5, 5.41) is 6.64. The number of nitrogens with one attached hydrogen (secondary N) is 1. The first-order valence-electron chi connectivity index (χ1n) is 8.68. The van der Waals surface area contributed by atoms with Gasteiger partial charge in [-0.3, -0.25) is 14.5 Å². The van der Waals surface area contributed by atoms with Gasteiger partial charge in [-0.15, -0.1) is 5.10 Å². The van der Waals surface area contributed by atoms with E-state index in [1.54, 1.807) is 18.9 Å². The van der Waals surface area contributed by atoms with Crippen molar-refractivity contribution in [3.05, 3.63) is 46.5 Å². The van der Waals surface area contributed by atoms with Crippen molar-refractivity contribution in [2.75, 3.05) is 33.2 Å². The van der Waals surface area contributed by atoms with Gasteiger partial charge in [-0.25, -0.2) is 0 Å². The second-order valence-electron chi connectivity index (χ2n) is 6.34. The minimum absolute atomic E-state index is 0.0605. The average molecular weight is 373 g/mol. The van der Waals surface area contributed by atoms with E-state index in [-0.39, 0.29) is 17.9 Å². The standard InChI is InChI=1S/C18H23N5O2S/c1-13-16(26-21-20-13)18(25)23-11-10-22(15(12-23)17(24)19-2)9-8-14-6-4-3-5-7-14/h3-7,15H,8-12H2,1-2H3,(H,19,24). The molecule has 2 aromatic rings. The molecule has 0 radical (unpaired) electrons. The first-order valence-corrected chi connectivity index (χ1v) is 9.45. The molecule has 2 amide bonds. The topological polar surface area (TPSA) is 78.4 Å². The maximum Gasteiger partial charge on any atom is 0.267 e. The van der Waals surface area contributed by atoms with E-state index >= 15 is 0 Å². The molecule has 0 bridgehead atoms. The number of likely N-dealkylation sites (N-methyl/N-ethyl adjacent to an activating group) is 1. The number of aromatic nitrogens is 2. The summed E-state index contributed by atoms with van der Waals surface area (Å²) >= 11 is 1.11. The second kappa shape index (κ2) is 8.37. The summed E-state index contributed by atoms with van der Waals surface area (Å²) in [6.07, 6.45) is 0.875. The molecule has 1 aromatic carbocycles. The van der Waals surface area contributed by atoms with Crippen LogP contribution in [0.1, 0.15) is 20.9 Å². The minimum Gasteiger partial charge on any atom is -0.358 e. The van der Waals surface area contributed by atoms with Crippen molar-refractivity contribution in [1.29, 1.82) is 0 Å². The molecule has 3 rings (SSSR count). The minimum atomic E-state index is -0.345. The van der Waals surface area contributed by atoms with Crippen LogP contribution in [0.3, 0.4) is 0 Å².